The minimum atomic E-state index is -0.344. The average molecular weight is 407 g/mol. The molecule has 7 heteroatoms. The fourth-order valence-electron chi connectivity index (χ4n) is 3.26. The fraction of sp³-hybridized carbons (Fsp3) is 0.227. The van der Waals surface area contributed by atoms with Gasteiger partial charge in [0.25, 0.3) is 0 Å². The third-order valence-electron chi connectivity index (χ3n) is 4.79. The van der Waals surface area contributed by atoms with E-state index in [4.69, 9.17) is 8.83 Å². The topological polar surface area (TPSA) is 74.1 Å². The summed E-state index contributed by atoms with van der Waals surface area (Å²) in [6.07, 6.45) is 4.34. The van der Waals surface area contributed by atoms with Crippen molar-refractivity contribution in [2.45, 2.75) is 37.7 Å². The fourth-order valence-corrected chi connectivity index (χ4v) is 4.20. The molecule has 0 unspecified atom stereocenters. The molecular formula is C22H21N3O3S. The molecule has 0 N–H and O–H groups in total. The third-order valence-corrected chi connectivity index (χ3v) is 5.80. The van der Waals surface area contributed by atoms with Gasteiger partial charge in [-0.25, -0.2) is 4.79 Å². The van der Waals surface area contributed by atoms with E-state index in [0.717, 1.165) is 45.2 Å². The van der Waals surface area contributed by atoms with Crippen LogP contribution in [0.3, 0.4) is 0 Å². The molecule has 0 fully saturated rings. The summed E-state index contributed by atoms with van der Waals surface area (Å²) in [5.41, 5.74) is 3.23. The van der Waals surface area contributed by atoms with Crippen molar-refractivity contribution in [1.82, 2.24) is 14.8 Å². The lowest BCUT2D eigenvalue weighted by Gasteiger charge is -2.09. The molecule has 0 aliphatic heterocycles. The van der Waals surface area contributed by atoms with Crippen LogP contribution in [0.15, 0.2) is 68.0 Å². The number of furan rings is 1. The molecule has 0 saturated heterocycles. The number of aryl methyl sites for hydroxylation is 2. The first-order chi connectivity index (χ1) is 14.1. The Labute approximate surface area is 172 Å². The summed E-state index contributed by atoms with van der Waals surface area (Å²) < 4.78 is 12.8. The van der Waals surface area contributed by atoms with Gasteiger partial charge in [0, 0.05) is 23.8 Å². The van der Waals surface area contributed by atoms with Crippen molar-refractivity contribution in [1.29, 1.82) is 0 Å². The summed E-state index contributed by atoms with van der Waals surface area (Å²) >= 11 is 1.53. The molecule has 0 saturated carbocycles. The molecule has 148 valence electrons. The molecule has 0 radical (unpaired) electrons. The zero-order chi connectivity index (χ0) is 20.4. The highest BCUT2D eigenvalue weighted by Crippen LogP contribution is 2.30. The molecule has 0 amide bonds. The van der Waals surface area contributed by atoms with E-state index in [1.165, 1.54) is 11.8 Å². The zero-order valence-electron chi connectivity index (χ0n) is 16.3. The number of aromatic nitrogens is 3. The molecule has 6 nitrogen and oxygen atoms in total. The number of hydrogen-bond acceptors (Lipinski definition) is 6. The third kappa shape index (κ3) is 3.78. The lowest BCUT2D eigenvalue weighted by molar-refractivity contribution is 0.534. The van der Waals surface area contributed by atoms with E-state index in [1.807, 2.05) is 35.8 Å². The molecule has 1 aromatic carbocycles. The van der Waals surface area contributed by atoms with Crippen molar-refractivity contribution in [2.75, 3.05) is 0 Å². The van der Waals surface area contributed by atoms with E-state index < -0.39 is 0 Å². The van der Waals surface area contributed by atoms with Crippen LogP contribution >= 0.6 is 11.8 Å². The average Bonchev–Trinajstić information content (AvgIpc) is 3.31. The first-order valence-electron chi connectivity index (χ1n) is 9.37. The first-order valence-corrected chi connectivity index (χ1v) is 10.4. The Kier molecular flexibility index (Phi) is 5.40. The zero-order valence-corrected chi connectivity index (χ0v) is 17.2. The second-order valence-corrected chi connectivity index (χ2v) is 7.60. The molecule has 29 heavy (non-hydrogen) atoms. The second-order valence-electron chi connectivity index (χ2n) is 6.66. The second kappa shape index (κ2) is 8.13. The Bertz CT molecular complexity index is 1240. The normalized spacial score (nSPS) is 11.2. The molecule has 0 bridgehead atoms. The van der Waals surface area contributed by atoms with Gasteiger partial charge in [0.05, 0.1) is 11.8 Å². The number of allylic oxidation sites excluding steroid dienone is 1. The summed E-state index contributed by atoms with van der Waals surface area (Å²) in [4.78, 5) is 12.0. The van der Waals surface area contributed by atoms with Crippen LogP contribution in [0.1, 0.15) is 23.8 Å². The standard InChI is InChI=1S/C22H21N3O3S/c1-4-9-25-21(17-8-10-27-14(17)3)23-24-22(25)29-13-16-12-20(26)28-19-11-15(5-2)6-7-18(16)19/h4,6-8,10-12H,1,5,9,13H2,2-3H3. The summed E-state index contributed by atoms with van der Waals surface area (Å²) in [6.45, 7) is 8.39. The van der Waals surface area contributed by atoms with Gasteiger partial charge >= 0.3 is 5.63 Å². The van der Waals surface area contributed by atoms with Gasteiger partial charge in [-0.05, 0) is 36.6 Å². The van der Waals surface area contributed by atoms with Crippen LogP contribution in [0, 0.1) is 6.92 Å². The molecule has 0 spiro atoms. The van der Waals surface area contributed by atoms with Crippen LogP contribution in [-0.2, 0) is 18.7 Å². The highest BCUT2D eigenvalue weighted by Gasteiger charge is 2.17. The van der Waals surface area contributed by atoms with E-state index >= 15 is 0 Å². The van der Waals surface area contributed by atoms with Crippen molar-refractivity contribution in [3.8, 4) is 11.4 Å². The van der Waals surface area contributed by atoms with Crippen LogP contribution in [-0.4, -0.2) is 14.8 Å². The van der Waals surface area contributed by atoms with Crippen LogP contribution in [0.2, 0.25) is 0 Å². The minimum Gasteiger partial charge on any atom is -0.469 e. The molecule has 3 aromatic heterocycles. The molecular weight excluding hydrogens is 386 g/mol. The highest BCUT2D eigenvalue weighted by molar-refractivity contribution is 7.98. The van der Waals surface area contributed by atoms with Crippen LogP contribution < -0.4 is 5.63 Å². The maximum atomic E-state index is 12.0. The maximum Gasteiger partial charge on any atom is 0.336 e. The van der Waals surface area contributed by atoms with Gasteiger partial charge < -0.3 is 8.83 Å². The lowest BCUT2D eigenvalue weighted by Crippen LogP contribution is -2.02. The summed E-state index contributed by atoms with van der Waals surface area (Å²) in [5, 5.41) is 10.4. The Hall–Kier alpha value is -3.06. The Morgan fingerprint density at radius 2 is 2.10 bits per heavy atom. The maximum absolute atomic E-state index is 12.0. The molecule has 0 aliphatic carbocycles. The Morgan fingerprint density at radius 1 is 1.24 bits per heavy atom. The lowest BCUT2D eigenvalue weighted by atomic mass is 10.1. The van der Waals surface area contributed by atoms with Crippen LogP contribution in [0.25, 0.3) is 22.4 Å². The van der Waals surface area contributed by atoms with Gasteiger partial charge in [-0.1, -0.05) is 36.9 Å². The summed E-state index contributed by atoms with van der Waals surface area (Å²) in [7, 11) is 0. The largest absolute Gasteiger partial charge is 0.469 e. The highest BCUT2D eigenvalue weighted by atomic mass is 32.2. The van der Waals surface area contributed by atoms with Crippen molar-refractivity contribution in [2.24, 2.45) is 0 Å². The Balaban J connectivity index is 1.68. The SMILES string of the molecule is C=CCn1c(SCc2cc(=O)oc3cc(CC)ccc23)nnc1-c1ccoc1C. The molecule has 4 aromatic rings. The number of fused-ring (bicyclic) bond motifs is 1. The summed E-state index contributed by atoms with van der Waals surface area (Å²) in [6, 6.07) is 9.45. The molecule has 0 aliphatic rings. The number of hydrogen-bond donors (Lipinski definition) is 0. The smallest absolute Gasteiger partial charge is 0.336 e. The van der Waals surface area contributed by atoms with E-state index in [1.54, 1.807) is 12.3 Å². The van der Waals surface area contributed by atoms with Gasteiger partial charge in [-0.15, -0.1) is 16.8 Å². The Morgan fingerprint density at radius 3 is 2.83 bits per heavy atom. The molecule has 4 rings (SSSR count). The van der Waals surface area contributed by atoms with Crippen molar-refractivity contribution < 1.29 is 8.83 Å². The van der Waals surface area contributed by atoms with E-state index in [2.05, 4.69) is 29.8 Å². The van der Waals surface area contributed by atoms with Crippen LogP contribution in [0.4, 0.5) is 0 Å². The molecule has 0 atom stereocenters. The van der Waals surface area contributed by atoms with E-state index in [9.17, 15) is 4.79 Å². The quantitative estimate of drug-likeness (QED) is 0.244. The summed E-state index contributed by atoms with van der Waals surface area (Å²) in [5.74, 6) is 2.11. The van der Waals surface area contributed by atoms with E-state index in [-0.39, 0.29) is 5.63 Å². The van der Waals surface area contributed by atoms with Gasteiger partial charge in [0.2, 0.25) is 0 Å². The number of nitrogens with zero attached hydrogens (tertiary/aromatic N) is 3. The number of rotatable bonds is 7. The predicted molar refractivity (Wildman–Crippen MR) is 114 cm³/mol. The monoisotopic (exact) mass is 407 g/mol. The van der Waals surface area contributed by atoms with Gasteiger partial charge in [-0.3, -0.25) is 4.57 Å². The predicted octanol–water partition coefficient (Wildman–Crippen LogP) is 4.99. The number of thioether (sulfide) groups is 1. The minimum absolute atomic E-state index is 0.344. The van der Waals surface area contributed by atoms with E-state index in [0.29, 0.717) is 17.9 Å². The van der Waals surface area contributed by atoms with Gasteiger partial charge in [0.1, 0.15) is 11.3 Å². The number of benzene rings is 1. The van der Waals surface area contributed by atoms with Crippen molar-refractivity contribution in [3.05, 3.63) is 76.6 Å². The van der Waals surface area contributed by atoms with Gasteiger partial charge in [0.15, 0.2) is 11.0 Å². The molecule has 3 heterocycles. The van der Waals surface area contributed by atoms with Crippen molar-refractivity contribution in [3.63, 3.8) is 0 Å². The first kappa shape index (κ1) is 19.3. The van der Waals surface area contributed by atoms with Crippen molar-refractivity contribution >= 4 is 22.7 Å². The van der Waals surface area contributed by atoms with Crippen LogP contribution in [0.5, 0.6) is 0 Å². The van der Waals surface area contributed by atoms with Gasteiger partial charge in [-0.2, -0.15) is 0 Å².